The molecule has 1 fully saturated rings. The smallest absolute Gasteiger partial charge is 0.320 e. The monoisotopic (exact) mass is 273 g/mol. The predicted molar refractivity (Wildman–Crippen MR) is 77.7 cm³/mol. The largest absolute Gasteiger partial charge is 0.335 e. The topological polar surface area (TPSA) is 82.7 Å². The van der Waals surface area contributed by atoms with E-state index in [0.717, 1.165) is 23.9 Å². The molecule has 1 aliphatic carbocycles. The fraction of sp³-hybridized carbons (Fsp3) is 0.500. The van der Waals surface area contributed by atoms with Gasteiger partial charge in [-0.25, -0.2) is 9.78 Å². The standard InChI is InChI=1S/C14H19N5O/c1-9-7-8-11-12(15-9)18-19-13(11)17-14(20)16-10-5-3-2-4-6-10/h7-8,10H,2-6H2,1H3,(H3,15,16,17,18,19,20). The van der Waals surface area contributed by atoms with E-state index in [0.29, 0.717) is 11.5 Å². The van der Waals surface area contributed by atoms with Crippen molar-refractivity contribution in [1.29, 1.82) is 0 Å². The molecule has 2 heterocycles. The van der Waals surface area contributed by atoms with Crippen LogP contribution in [0.2, 0.25) is 0 Å². The summed E-state index contributed by atoms with van der Waals surface area (Å²) in [6, 6.07) is 3.92. The number of hydrogen-bond donors (Lipinski definition) is 3. The summed E-state index contributed by atoms with van der Waals surface area (Å²) in [6.45, 7) is 1.92. The minimum absolute atomic E-state index is 0.189. The lowest BCUT2D eigenvalue weighted by molar-refractivity contribution is 0.244. The van der Waals surface area contributed by atoms with Crippen LogP contribution in [-0.4, -0.2) is 27.3 Å². The van der Waals surface area contributed by atoms with E-state index in [1.54, 1.807) is 0 Å². The van der Waals surface area contributed by atoms with Gasteiger partial charge in [0.1, 0.15) is 0 Å². The Labute approximate surface area is 117 Å². The van der Waals surface area contributed by atoms with Crippen molar-refractivity contribution < 1.29 is 4.79 Å². The number of amides is 2. The number of anilines is 1. The van der Waals surface area contributed by atoms with Gasteiger partial charge < -0.3 is 5.32 Å². The third-order valence-electron chi connectivity index (χ3n) is 3.74. The first-order valence-electron chi connectivity index (χ1n) is 7.11. The molecule has 6 heteroatoms. The van der Waals surface area contributed by atoms with Crippen molar-refractivity contribution in [1.82, 2.24) is 20.5 Å². The molecule has 0 bridgehead atoms. The summed E-state index contributed by atoms with van der Waals surface area (Å²) >= 11 is 0. The maximum Gasteiger partial charge on any atom is 0.320 e. The summed E-state index contributed by atoms with van der Waals surface area (Å²) in [4.78, 5) is 16.3. The summed E-state index contributed by atoms with van der Waals surface area (Å²) in [5.41, 5.74) is 1.61. The van der Waals surface area contributed by atoms with Crippen LogP contribution in [-0.2, 0) is 0 Å². The van der Waals surface area contributed by atoms with E-state index >= 15 is 0 Å². The number of urea groups is 1. The number of carbonyl (C=O) groups is 1. The Morgan fingerprint density at radius 1 is 1.30 bits per heavy atom. The van der Waals surface area contributed by atoms with Crippen LogP contribution in [0.15, 0.2) is 12.1 Å². The van der Waals surface area contributed by atoms with Gasteiger partial charge in [0.25, 0.3) is 0 Å². The lowest BCUT2D eigenvalue weighted by atomic mass is 9.96. The van der Waals surface area contributed by atoms with Crippen LogP contribution in [0.5, 0.6) is 0 Å². The highest BCUT2D eigenvalue weighted by Crippen LogP contribution is 2.20. The van der Waals surface area contributed by atoms with Crippen molar-refractivity contribution in [2.45, 2.75) is 45.1 Å². The van der Waals surface area contributed by atoms with Gasteiger partial charge in [-0.3, -0.25) is 10.4 Å². The number of aromatic amines is 1. The minimum atomic E-state index is -0.189. The van der Waals surface area contributed by atoms with Crippen LogP contribution >= 0.6 is 0 Å². The number of aromatic nitrogens is 3. The fourth-order valence-electron chi connectivity index (χ4n) is 2.67. The van der Waals surface area contributed by atoms with Gasteiger partial charge in [-0.15, -0.1) is 0 Å². The number of nitrogens with one attached hydrogen (secondary N) is 3. The first-order chi connectivity index (χ1) is 9.72. The molecule has 1 aliphatic rings. The molecule has 2 aromatic rings. The van der Waals surface area contributed by atoms with Gasteiger partial charge in [0.15, 0.2) is 11.5 Å². The molecule has 2 amide bonds. The van der Waals surface area contributed by atoms with Crippen LogP contribution in [0.1, 0.15) is 37.8 Å². The Balaban J connectivity index is 1.67. The van der Waals surface area contributed by atoms with E-state index in [1.807, 2.05) is 19.1 Å². The Morgan fingerprint density at radius 2 is 2.10 bits per heavy atom. The Hall–Kier alpha value is -2.11. The summed E-state index contributed by atoms with van der Waals surface area (Å²) in [5, 5.41) is 13.6. The molecule has 0 radical (unpaired) electrons. The molecule has 1 saturated carbocycles. The summed E-state index contributed by atoms with van der Waals surface area (Å²) in [5.74, 6) is 0.529. The molecular weight excluding hydrogens is 254 g/mol. The second-order valence-corrected chi connectivity index (χ2v) is 5.35. The van der Waals surface area contributed by atoms with Crippen molar-refractivity contribution in [3.8, 4) is 0 Å². The molecule has 3 N–H and O–H groups in total. The van der Waals surface area contributed by atoms with Crippen LogP contribution < -0.4 is 10.6 Å². The maximum atomic E-state index is 12.0. The van der Waals surface area contributed by atoms with Crippen molar-refractivity contribution in [2.24, 2.45) is 0 Å². The molecule has 0 aromatic carbocycles. The average Bonchev–Trinajstić information content (AvgIpc) is 2.82. The number of pyridine rings is 1. The molecule has 2 aromatic heterocycles. The number of H-pyrrole nitrogens is 1. The zero-order valence-electron chi connectivity index (χ0n) is 11.6. The highest BCUT2D eigenvalue weighted by Gasteiger charge is 2.17. The quantitative estimate of drug-likeness (QED) is 0.786. The molecule has 0 aliphatic heterocycles. The Bertz CT molecular complexity index is 615. The molecule has 0 unspecified atom stereocenters. The lowest BCUT2D eigenvalue weighted by Crippen LogP contribution is -2.39. The molecule has 106 valence electrons. The van der Waals surface area contributed by atoms with Crippen molar-refractivity contribution in [2.75, 3.05) is 5.32 Å². The van der Waals surface area contributed by atoms with Crippen LogP contribution in [0.3, 0.4) is 0 Å². The van der Waals surface area contributed by atoms with E-state index in [-0.39, 0.29) is 12.1 Å². The highest BCUT2D eigenvalue weighted by molar-refractivity contribution is 5.97. The predicted octanol–water partition coefficient (Wildman–Crippen LogP) is 2.72. The molecule has 0 saturated heterocycles. The molecular formula is C14H19N5O. The first kappa shape index (κ1) is 12.9. The number of nitrogens with zero attached hydrogens (tertiary/aromatic N) is 2. The zero-order chi connectivity index (χ0) is 13.9. The minimum Gasteiger partial charge on any atom is -0.335 e. The third-order valence-corrected chi connectivity index (χ3v) is 3.74. The summed E-state index contributed by atoms with van der Waals surface area (Å²) < 4.78 is 0. The lowest BCUT2D eigenvalue weighted by Gasteiger charge is -2.22. The van der Waals surface area contributed by atoms with E-state index in [2.05, 4.69) is 25.8 Å². The van der Waals surface area contributed by atoms with Gasteiger partial charge in [-0.1, -0.05) is 19.3 Å². The normalized spacial score (nSPS) is 16.2. The second kappa shape index (κ2) is 5.48. The third kappa shape index (κ3) is 2.74. The fourth-order valence-corrected chi connectivity index (χ4v) is 2.67. The SMILES string of the molecule is Cc1ccc2c(NC(=O)NC3CCCCC3)n[nH]c2n1. The van der Waals surface area contributed by atoms with Gasteiger partial charge in [-0.2, -0.15) is 5.10 Å². The van der Waals surface area contributed by atoms with Gasteiger partial charge in [-0.05, 0) is 31.9 Å². The van der Waals surface area contributed by atoms with E-state index < -0.39 is 0 Å². The van der Waals surface area contributed by atoms with Crippen molar-refractivity contribution in [3.63, 3.8) is 0 Å². The molecule has 20 heavy (non-hydrogen) atoms. The van der Waals surface area contributed by atoms with Crippen molar-refractivity contribution >= 4 is 22.9 Å². The van der Waals surface area contributed by atoms with Crippen LogP contribution in [0.4, 0.5) is 10.6 Å². The van der Waals surface area contributed by atoms with Gasteiger partial charge in [0.2, 0.25) is 0 Å². The molecule has 0 spiro atoms. The average molecular weight is 273 g/mol. The van der Waals surface area contributed by atoms with Gasteiger partial charge in [0, 0.05) is 11.7 Å². The second-order valence-electron chi connectivity index (χ2n) is 5.35. The summed E-state index contributed by atoms with van der Waals surface area (Å²) in [6.07, 6.45) is 5.79. The van der Waals surface area contributed by atoms with Crippen LogP contribution in [0.25, 0.3) is 11.0 Å². The van der Waals surface area contributed by atoms with Gasteiger partial charge >= 0.3 is 6.03 Å². The van der Waals surface area contributed by atoms with Gasteiger partial charge in [0.05, 0.1) is 5.39 Å². The Morgan fingerprint density at radius 3 is 2.90 bits per heavy atom. The Kier molecular flexibility index (Phi) is 3.54. The number of fused-ring (bicyclic) bond motifs is 1. The van der Waals surface area contributed by atoms with Crippen molar-refractivity contribution in [3.05, 3.63) is 17.8 Å². The highest BCUT2D eigenvalue weighted by atomic mass is 16.2. The number of rotatable bonds is 2. The molecule has 6 nitrogen and oxygen atoms in total. The number of carbonyl (C=O) groups excluding carboxylic acids is 1. The molecule has 0 atom stereocenters. The van der Waals surface area contributed by atoms with E-state index in [1.165, 1.54) is 19.3 Å². The first-order valence-corrected chi connectivity index (χ1v) is 7.11. The van der Waals surface area contributed by atoms with Crippen LogP contribution in [0, 0.1) is 6.92 Å². The maximum absolute atomic E-state index is 12.0. The zero-order valence-corrected chi connectivity index (χ0v) is 11.6. The van der Waals surface area contributed by atoms with E-state index in [9.17, 15) is 4.79 Å². The molecule has 3 rings (SSSR count). The number of aryl methyl sites for hydroxylation is 1. The number of hydrogen-bond acceptors (Lipinski definition) is 3. The summed E-state index contributed by atoms with van der Waals surface area (Å²) in [7, 11) is 0. The van der Waals surface area contributed by atoms with E-state index in [4.69, 9.17) is 0 Å².